The Kier molecular flexibility index (Phi) is 2.80. The zero-order chi connectivity index (χ0) is 12.5. The van der Waals surface area contributed by atoms with E-state index in [-0.39, 0.29) is 0 Å². The Bertz CT molecular complexity index is 692. The molecule has 0 fully saturated rings. The SMILES string of the molecule is COc1cc(Br)c2nc(-c3ccccc3)[nH]c2c1. The summed E-state index contributed by atoms with van der Waals surface area (Å²) in [6.07, 6.45) is 0. The molecule has 18 heavy (non-hydrogen) atoms. The van der Waals surface area contributed by atoms with Crippen molar-refractivity contribution < 1.29 is 4.74 Å². The number of aromatic nitrogens is 2. The Labute approximate surface area is 113 Å². The summed E-state index contributed by atoms with van der Waals surface area (Å²) in [5.41, 5.74) is 2.94. The molecule has 1 aromatic heterocycles. The molecule has 3 aromatic rings. The van der Waals surface area contributed by atoms with Gasteiger partial charge >= 0.3 is 0 Å². The highest BCUT2D eigenvalue weighted by Crippen LogP contribution is 2.30. The maximum atomic E-state index is 5.24. The van der Waals surface area contributed by atoms with Gasteiger partial charge in [-0.3, -0.25) is 0 Å². The standard InChI is InChI=1S/C14H11BrN2O/c1-18-10-7-11(15)13-12(8-10)16-14(17-13)9-5-3-2-4-6-9/h2-8H,1H3,(H,16,17). The molecule has 0 radical (unpaired) electrons. The summed E-state index contributed by atoms with van der Waals surface area (Å²) in [6.45, 7) is 0. The van der Waals surface area contributed by atoms with Gasteiger partial charge in [0.1, 0.15) is 17.1 Å². The molecule has 4 heteroatoms. The topological polar surface area (TPSA) is 37.9 Å². The zero-order valence-corrected chi connectivity index (χ0v) is 11.4. The summed E-state index contributed by atoms with van der Waals surface area (Å²) in [6, 6.07) is 13.9. The number of H-pyrrole nitrogens is 1. The van der Waals surface area contributed by atoms with E-state index in [2.05, 4.69) is 25.9 Å². The number of rotatable bonds is 2. The molecule has 0 saturated heterocycles. The van der Waals surface area contributed by atoms with E-state index in [1.54, 1.807) is 7.11 Å². The number of hydrogen-bond acceptors (Lipinski definition) is 2. The molecule has 0 aliphatic rings. The Morgan fingerprint density at radius 2 is 1.94 bits per heavy atom. The number of fused-ring (bicyclic) bond motifs is 1. The Morgan fingerprint density at radius 3 is 2.67 bits per heavy atom. The molecule has 1 N–H and O–H groups in total. The van der Waals surface area contributed by atoms with Gasteiger partial charge in [-0.15, -0.1) is 0 Å². The zero-order valence-electron chi connectivity index (χ0n) is 9.77. The molecular weight excluding hydrogens is 292 g/mol. The molecule has 2 aromatic carbocycles. The normalized spacial score (nSPS) is 10.8. The number of imidazole rings is 1. The Hall–Kier alpha value is -1.81. The van der Waals surface area contributed by atoms with Crippen LogP contribution in [0.4, 0.5) is 0 Å². The lowest BCUT2D eigenvalue weighted by Gasteiger charge is -1.99. The van der Waals surface area contributed by atoms with Crippen LogP contribution in [0.3, 0.4) is 0 Å². The van der Waals surface area contributed by atoms with Crippen LogP contribution in [-0.2, 0) is 0 Å². The third-order valence-corrected chi connectivity index (χ3v) is 3.40. The van der Waals surface area contributed by atoms with Crippen LogP contribution in [-0.4, -0.2) is 17.1 Å². The summed E-state index contributed by atoms with van der Waals surface area (Å²) in [5, 5.41) is 0. The molecule has 1 heterocycles. The van der Waals surface area contributed by atoms with Gasteiger partial charge < -0.3 is 9.72 Å². The predicted molar refractivity (Wildman–Crippen MR) is 75.8 cm³/mol. The lowest BCUT2D eigenvalue weighted by molar-refractivity contribution is 0.415. The van der Waals surface area contributed by atoms with E-state index in [1.165, 1.54) is 0 Å². The van der Waals surface area contributed by atoms with Crippen LogP contribution in [0, 0.1) is 0 Å². The minimum absolute atomic E-state index is 0.803. The third kappa shape index (κ3) is 1.88. The van der Waals surface area contributed by atoms with Gasteiger partial charge in [-0.05, 0) is 22.0 Å². The highest BCUT2D eigenvalue weighted by Gasteiger charge is 2.09. The van der Waals surface area contributed by atoms with Gasteiger partial charge in [0.25, 0.3) is 0 Å². The number of ether oxygens (including phenoxy) is 1. The second-order valence-corrected chi connectivity index (χ2v) is 4.81. The van der Waals surface area contributed by atoms with Crippen molar-refractivity contribution in [2.24, 2.45) is 0 Å². The molecule has 3 rings (SSSR count). The van der Waals surface area contributed by atoms with Gasteiger partial charge in [-0.1, -0.05) is 30.3 Å². The van der Waals surface area contributed by atoms with Crippen molar-refractivity contribution in [3.63, 3.8) is 0 Å². The molecule has 0 aliphatic carbocycles. The van der Waals surface area contributed by atoms with E-state index < -0.39 is 0 Å². The number of halogens is 1. The van der Waals surface area contributed by atoms with E-state index in [9.17, 15) is 0 Å². The maximum absolute atomic E-state index is 5.24. The fourth-order valence-electron chi connectivity index (χ4n) is 1.90. The van der Waals surface area contributed by atoms with Crippen molar-refractivity contribution in [2.45, 2.75) is 0 Å². The summed E-state index contributed by atoms with van der Waals surface area (Å²) in [5.74, 6) is 1.66. The number of hydrogen-bond donors (Lipinski definition) is 1. The van der Waals surface area contributed by atoms with Crippen LogP contribution in [0.2, 0.25) is 0 Å². The first-order valence-corrected chi connectivity index (χ1v) is 6.36. The summed E-state index contributed by atoms with van der Waals surface area (Å²) < 4.78 is 6.17. The van der Waals surface area contributed by atoms with E-state index in [0.717, 1.165) is 32.6 Å². The lowest BCUT2D eigenvalue weighted by Crippen LogP contribution is -1.82. The van der Waals surface area contributed by atoms with Crippen molar-refractivity contribution in [2.75, 3.05) is 7.11 Å². The summed E-state index contributed by atoms with van der Waals surface area (Å²) in [4.78, 5) is 7.91. The third-order valence-electron chi connectivity index (χ3n) is 2.80. The van der Waals surface area contributed by atoms with Crippen molar-refractivity contribution in [1.29, 1.82) is 0 Å². The number of methoxy groups -OCH3 is 1. The quantitative estimate of drug-likeness (QED) is 0.777. The molecule has 0 saturated carbocycles. The lowest BCUT2D eigenvalue weighted by atomic mass is 10.2. The number of nitrogens with one attached hydrogen (secondary N) is 1. The minimum Gasteiger partial charge on any atom is -0.497 e. The van der Waals surface area contributed by atoms with Crippen molar-refractivity contribution in [1.82, 2.24) is 9.97 Å². The van der Waals surface area contributed by atoms with Gasteiger partial charge in [0.2, 0.25) is 0 Å². The van der Waals surface area contributed by atoms with Crippen molar-refractivity contribution >= 4 is 27.0 Å². The molecule has 3 nitrogen and oxygen atoms in total. The van der Waals surface area contributed by atoms with E-state index in [0.29, 0.717) is 0 Å². The highest BCUT2D eigenvalue weighted by molar-refractivity contribution is 9.10. The fourth-order valence-corrected chi connectivity index (χ4v) is 2.43. The van der Waals surface area contributed by atoms with Crippen LogP contribution in [0.25, 0.3) is 22.4 Å². The second kappa shape index (κ2) is 4.46. The molecule has 0 atom stereocenters. The number of benzene rings is 2. The van der Waals surface area contributed by atoms with Crippen LogP contribution >= 0.6 is 15.9 Å². The minimum atomic E-state index is 0.803. The second-order valence-electron chi connectivity index (χ2n) is 3.96. The van der Waals surface area contributed by atoms with Crippen molar-refractivity contribution in [3.8, 4) is 17.1 Å². The van der Waals surface area contributed by atoms with Crippen LogP contribution in [0.1, 0.15) is 0 Å². The first-order valence-electron chi connectivity index (χ1n) is 5.56. The van der Waals surface area contributed by atoms with Crippen LogP contribution < -0.4 is 4.74 Å². The number of aromatic amines is 1. The Morgan fingerprint density at radius 1 is 1.17 bits per heavy atom. The van der Waals surface area contributed by atoms with Gasteiger partial charge in [-0.25, -0.2) is 4.98 Å². The average molecular weight is 303 g/mol. The van der Waals surface area contributed by atoms with Gasteiger partial charge in [0.05, 0.1) is 12.6 Å². The van der Waals surface area contributed by atoms with Crippen LogP contribution in [0.15, 0.2) is 46.9 Å². The molecule has 0 bridgehead atoms. The first kappa shape index (κ1) is 11.3. The van der Waals surface area contributed by atoms with E-state index in [1.807, 2.05) is 42.5 Å². The van der Waals surface area contributed by atoms with Gasteiger partial charge in [0.15, 0.2) is 0 Å². The average Bonchev–Trinajstić information content (AvgIpc) is 2.84. The van der Waals surface area contributed by atoms with Crippen molar-refractivity contribution in [3.05, 3.63) is 46.9 Å². The smallest absolute Gasteiger partial charge is 0.138 e. The largest absolute Gasteiger partial charge is 0.497 e. The summed E-state index contributed by atoms with van der Waals surface area (Å²) in [7, 11) is 1.65. The highest BCUT2D eigenvalue weighted by atomic mass is 79.9. The molecule has 0 unspecified atom stereocenters. The monoisotopic (exact) mass is 302 g/mol. The van der Waals surface area contributed by atoms with Gasteiger partial charge in [0, 0.05) is 16.1 Å². The maximum Gasteiger partial charge on any atom is 0.138 e. The molecule has 0 amide bonds. The van der Waals surface area contributed by atoms with E-state index in [4.69, 9.17) is 4.74 Å². The Balaban J connectivity index is 2.20. The molecule has 0 aliphatic heterocycles. The van der Waals surface area contributed by atoms with E-state index >= 15 is 0 Å². The molecule has 0 spiro atoms. The molecule has 90 valence electrons. The van der Waals surface area contributed by atoms with Crippen LogP contribution in [0.5, 0.6) is 5.75 Å². The predicted octanol–water partition coefficient (Wildman–Crippen LogP) is 4.00. The summed E-state index contributed by atoms with van der Waals surface area (Å²) >= 11 is 3.51. The molecular formula is C14H11BrN2O. The first-order chi connectivity index (χ1) is 8.78. The number of nitrogens with zero attached hydrogens (tertiary/aromatic N) is 1. The van der Waals surface area contributed by atoms with Gasteiger partial charge in [-0.2, -0.15) is 0 Å². The fraction of sp³-hybridized carbons (Fsp3) is 0.0714.